The Bertz CT molecular complexity index is 819. The average Bonchev–Trinajstić information content (AvgIpc) is 3.28. The number of carbonyl (C=O) groups excluding carboxylic acids is 1. The van der Waals surface area contributed by atoms with Crippen LogP contribution in [0.3, 0.4) is 0 Å². The Hall–Kier alpha value is -2.19. The van der Waals surface area contributed by atoms with Crippen molar-refractivity contribution in [2.45, 2.75) is 24.3 Å². The van der Waals surface area contributed by atoms with Crippen LogP contribution in [-0.4, -0.2) is 21.9 Å². The van der Waals surface area contributed by atoms with Gasteiger partial charge in [-0.3, -0.25) is 4.79 Å². The number of rotatable bonds is 7. The Morgan fingerprint density at radius 2 is 2.12 bits per heavy atom. The van der Waals surface area contributed by atoms with E-state index in [1.54, 1.807) is 19.1 Å². The van der Waals surface area contributed by atoms with Crippen LogP contribution in [0.1, 0.15) is 25.3 Å². The number of esters is 1. The van der Waals surface area contributed by atoms with Crippen molar-refractivity contribution in [1.29, 1.82) is 0 Å². The Kier molecular flexibility index (Phi) is 5.83. The van der Waals surface area contributed by atoms with Crippen molar-refractivity contribution in [3.05, 3.63) is 53.5 Å². The molecule has 25 heavy (non-hydrogen) atoms. The number of benzene rings is 1. The van der Waals surface area contributed by atoms with E-state index in [4.69, 9.17) is 9.15 Å². The molecule has 2 aromatic heterocycles. The zero-order chi connectivity index (χ0) is 17.6. The maximum Gasteiger partial charge on any atom is 0.307 e. The van der Waals surface area contributed by atoms with E-state index in [2.05, 4.69) is 10.2 Å². The van der Waals surface area contributed by atoms with E-state index in [0.717, 1.165) is 9.77 Å². The van der Waals surface area contributed by atoms with Gasteiger partial charge < -0.3 is 9.15 Å². The minimum atomic E-state index is -0.607. The van der Waals surface area contributed by atoms with Crippen LogP contribution in [0.4, 0.5) is 4.39 Å². The number of carbonyl (C=O) groups is 1. The van der Waals surface area contributed by atoms with E-state index in [1.807, 2.05) is 17.5 Å². The van der Waals surface area contributed by atoms with Crippen LogP contribution in [0.15, 0.2) is 51.1 Å². The van der Waals surface area contributed by atoms with Gasteiger partial charge in [-0.15, -0.1) is 33.3 Å². The minimum absolute atomic E-state index is 0.234. The van der Waals surface area contributed by atoms with Crippen molar-refractivity contribution in [3.8, 4) is 10.8 Å². The average molecular weight is 378 g/mol. The molecule has 3 rings (SSSR count). The second kappa shape index (κ2) is 8.26. The van der Waals surface area contributed by atoms with E-state index >= 15 is 0 Å². The van der Waals surface area contributed by atoms with Crippen LogP contribution in [0.5, 0.6) is 0 Å². The van der Waals surface area contributed by atoms with E-state index in [-0.39, 0.29) is 24.1 Å². The van der Waals surface area contributed by atoms with Gasteiger partial charge in [0.2, 0.25) is 0 Å². The lowest BCUT2D eigenvalue weighted by atomic mass is 10.4. The molecule has 0 N–H and O–H groups in total. The lowest BCUT2D eigenvalue weighted by molar-refractivity contribution is -0.149. The van der Waals surface area contributed by atoms with E-state index in [1.165, 1.54) is 35.2 Å². The van der Waals surface area contributed by atoms with Gasteiger partial charge in [-0.1, -0.05) is 6.07 Å². The predicted molar refractivity (Wildman–Crippen MR) is 93.9 cm³/mol. The number of hydrogen-bond acceptors (Lipinski definition) is 7. The van der Waals surface area contributed by atoms with Gasteiger partial charge in [-0.2, -0.15) is 0 Å². The topological polar surface area (TPSA) is 65.2 Å². The minimum Gasteiger partial charge on any atom is -0.453 e. The summed E-state index contributed by atoms with van der Waals surface area (Å²) in [6, 6.07) is 9.92. The van der Waals surface area contributed by atoms with Gasteiger partial charge >= 0.3 is 5.97 Å². The van der Waals surface area contributed by atoms with Crippen LogP contribution in [0, 0.1) is 5.82 Å². The van der Waals surface area contributed by atoms with Crippen molar-refractivity contribution in [1.82, 2.24) is 10.2 Å². The fourth-order valence-electron chi connectivity index (χ4n) is 1.99. The highest BCUT2D eigenvalue weighted by molar-refractivity contribution is 7.99. The molecule has 0 aliphatic carbocycles. The summed E-state index contributed by atoms with van der Waals surface area (Å²) in [4.78, 5) is 13.7. The van der Waals surface area contributed by atoms with Crippen molar-refractivity contribution >= 4 is 29.1 Å². The quantitative estimate of drug-likeness (QED) is 0.438. The highest BCUT2D eigenvalue weighted by atomic mass is 32.2. The van der Waals surface area contributed by atoms with Crippen LogP contribution >= 0.6 is 23.1 Å². The molecule has 0 unspecified atom stereocenters. The van der Waals surface area contributed by atoms with Gasteiger partial charge in [0, 0.05) is 10.6 Å². The third kappa shape index (κ3) is 4.90. The summed E-state index contributed by atoms with van der Waals surface area (Å²) in [7, 11) is 0. The molecule has 2 heterocycles. The van der Waals surface area contributed by atoms with Gasteiger partial charge in [-0.25, -0.2) is 4.39 Å². The van der Waals surface area contributed by atoms with Gasteiger partial charge in [0.15, 0.2) is 6.10 Å². The molecule has 0 aliphatic rings. The monoisotopic (exact) mass is 378 g/mol. The summed E-state index contributed by atoms with van der Waals surface area (Å²) in [5.74, 6) is 0.598. The van der Waals surface area contributed by atoms with Crippen molar-refractivity contribution < 1.29 is 18.3 Å². The fourth-order valence-corrected chi connectivity index (χ4v) is 3.47. The number of ether oxygens (including phenoxy) is 1. The first-order valence-corrected chi connectivity index (χ1v) is 9.43. The molecule has 5 nitrogen and oxygen atoms in total. The van der Waals surface area contributed by atoms with Crippen molar-refractivity contribution in [2.75, 3.05) is 5.75 Å². The number of nitrogens with zero attached hydrogens (tertiary/aromatic N) is 2. The van der Waals surface area contributed by atoms with Crippen LogP contribution in [-0.2, 0) is 9.53 Å². The molecule has 0 saturated heterocycles. The van der Waals surface area contributed by atoms with Gasteiger partial charge in [0.1, 0.15) is 5.82 Å². The molecule has 3 aromatic rings. The Balaban J connectivity index is 1.46. The summed E-state index contributed by atoms with van der Waals surface area (Å²) in [5.41, 5.74) is 0. The van der Waals surface area contributed by atoms with E-state index in [0.29, 0.717) is 11.6 Å². The van der Waals surface area contributed by atoms with E-state index in [9.17, 15) is 9.18 Å². The van der Waals surface area contributed by atoms with Gasteiger partial charge in [0.25, 0.3) is 11.8 Å². The summed E-state index contributed by atoms with van der Waals surface area (Å²) < 4.78 is 23.7. The normalized spacial score (nSPS) is 12.1. The molecular weight excluding hydrogens is 363 g/mol. The molecule has 1 aromatic carbocycles. The summed E-state index contributed by atoms with van der Waals surface area (Å²) in [6.45, 7) is 1.69. The number of hydrogen-bond donors (Lipinski definition) is 0. The first-order chi connectivity index (χ1) is 12.1. The predicted octanol–water partition coefficient (Wildman–Crippen LogP) is 4.72. The lowest BCUT2D eigenvalue weighted by Crippen LogP contribution is -2.09. The number of halogens is 1. The molecule has 130 valence electrons. The van der Waals surface area contributed by atoms with Crippen molar-refractivity contribution in [3.63, 3.8) is 0 Å². The SMILES string of the molecule is C[C@H](OC(=O)CCSc1ccc(F)cc1)c1nnc(-c2cccs2)o1. The van der Waals surface area contributed by atoms with Crippen molar-refractivity contribution in [2.24, 2.45) is 0 Å². The highest BCUT2D eigenvalue weighted by Gasteiger charge is 2.19. The third-order valence-electron chi connectivity index (χ3n) is 3.22. The smallest absolute Gasteiger partial charge is 0.307 e. The van der Waals surface area contributed by atoms with Gasteiger partial charge in [-0.05, 0) is 42.6 Å². The lowest BCUT2D eigenvalue weighted by Gasteiger charge is -2.09. The summed E-state index contributed by atoms with van der Waals surface area (Å²) >= 11 is 2.96. The molecule has 0 aliphatic heterocycles. The van der Waals surface area contributed by atoms with Crippen LogP contribution in [0.2, 0.25) is 0 Å². The molecule has 0 saturated carbocycles. The summed E-state index contributed by atoms with van der Waals surface area (Å²) in [6.07, 6.45) is -0.372. The zero-order valence-corrected chi connectivity index (χ0v) is 15.0. The molecular formula is C17H15FN2O3S2. The largest absolute Gasteiger partial charge is 0.453 e. The number of aromatic nitrogens is 2. The molecule has 8 heteroatoms. The zero-order valence-electron chi connectivity index (χ0n) is 13.3. The second-order valence-electron chi connectivity index (χ2n) is 5.11. The maximum atomic E-state index is 12.8. The Morgan fingerprint density at radius 3 is 2.84 bits per heavy atom. The second-order valence-corrected chi connectivity index (χ2v) is 7.22. The molecule has 0 bridgehead atoms. The number of thiophene rings is 1. The molecule has 0 spiro atoms. The van der Waals surface area contributed by atoms with Crippen LogP contribution < -0.4 is 0 Å². The number of thioether (sulfide) groups is 1. The standard InChI is InChI=1S/C17H15FN2O3S2/c1-11(16-19-20-17(23-16)14-3-2-9-25-14)22-15(21)8-10-24-13-6-4-12(18)5-7-13/h2-7,9,11H,8,10H2,1H3/t11-/m0/s1. The summed E-state index contributed by atoms with van der Waals surface area (Å²) in [5, 5.41) is 9.82. The van der Waals surface area contributed by atoms with E-state index < -0.39 is 6.10 Å². The molecule has 0 amide bonds. The van der Waals surface area contributed by atoms with Crippen LogP contribution in [0.25, 0.3) is 10.8 Å². The molecule has 0 radical (unpaired) electrons. The maximum absolute atomic E-state index is 12.8. The first-order valence-electron chi connectivity index (χ1n) is 7.57. The third-order valence-corrected chi connectivity index (χ3v) is 5.09. The Morgan fingerprint density at radius 1 is 1.32 bits per heavy atom. The fraction of sp³-hybridized carbons (Fsp3) is 0.235. The Labute approximate surface area is 152 Å². The highest BCUT2D eigenvalue weighted by Crippen LogP contribution is 2.26. The molecule has 1 atom stereocenters. The van der Waals surface area contributed by atoms with Gasteiger partial charge in [0.05, 0.1) is 11.3 Å². The first kappa shape index (κ1) is 17.6. The molecule has 0 fully saturated rings.